The highest BCUT2D eigenvalue weighted by Crippen LogP contribution is 2.09. The maximum absolute atomic E-state index is 10.8. The standard InChI is InChI=1S/C14H17N3O2/c1-17-10-11(8-16-17)7-15-9-13-5-3-2-4-12(13)6-14(18)19/h2-5,8,10,15H,6-7,9H2,1H3,(H,18,19). The molecule has 0 aliphatic carbocycles. The molecule has 1 aromatic carbocycles. The number of hydrogen-bond donors (Lipinski definition) is 2. The number of hydrogen-bond acceptors (Lipinski definition) is 3. The van der Waals surface area contributed by atoms with E-state index in [1.807, 2.05) is 43.7 Å². The van der Waals surface area contributed by atoms with Crippen LogP contribution in [0.3, 0.4) is 0 Å². The molecule has 19 heavy (non-hydrogen) atoms. The number of carboxylic acid groups (broad SMARTS) is 1. The van der Waals surface area contributed by atoms with E-state index in [1.165, 1.54) is 0 Å². The minimum Gasteiger partial charge on any atom is -0.481 e. The van der Waals surface area contributed by atoms with E-state index < -0.39 is 5.97 Å². The second kappa shape index (κ2) is 6.15. The Kier molecular flexibility index (Phi) is 4.30. The minimum absolute atomic E-state index is 0.0603. The Bertz CT molecular complexity index is 563. The average molecular weight is 259 g/mol. The van der Waals surface area contributed by atoms with Gasteiger partial charge < -0.3 is 10.4 Å². The molecule has 2 rings (SSSR count). The van der Waals surface area contributed by atoms with Gasteiger partial charge >= 0.3 is 5.97 Å². The second-order valence-corrected chi connectivity index (χ2v) is 4.47. The number of nitrogens with one attached hydrogen (secondary N) is 1. The molecule has 0 aliphatic rings. The molecule has 0 saturated carbocycles. The van der Waals surface area contributed by atoms with Crippen LogP contribution < -0.4 is 5.32 Å². The molecule has 0 atom stereocenters. The van der Waals surface area contributed by atoms with Gasteiger partial charge in [0.15, 0.2) is 0 Å². The first-order valence-corrected chi connectivity index (χ1v) is 6.12. The lowest BCUT2D eigenvalue weighted by Gasteiger charge is -2.08. The van der Waals surface area contributed by atoms with Gasteiger partial charge in [-0.05, 0) is 11.1 Å². The maximum atomic E-state index is 10.8. The van der Waals surface area contributed by atoms with Crippen molar-refractivity contribution in [2.24, 2.45) is 7.05 Å². The third-order valence-corrected chi connectivity index (χ3v) is 2.86. The molecule has 5 heteroatoms. The molecule has 0 bridgehead atoms. The zero-order chi connectivity index (χ0) is 13.7. The predicted octanol–water partition coefficient (Wildman–Crippen LogP) is 1.34. The summed E-state index contributed by atoms with van der Waals surface area (Å²) < 4.78 is 1.76. The van der Waals surface area contributed by atoms with Crippen LogP contribution in [0.4, 0.5) is 0 Å². The third-order valence-electron chi connectivity index (χ3n) is 2.86. The van der Waals surface area contributed by atoms with Gasteiger partial charge in [-0.15, -0.1) is 0 Å². The van der Waals surface area contributed by atoms with Crippen molar-refractivity contribution in [2.75, 3.05) is 0 Å². The summed E-state index contributed by atoms with van der Waals surface area (Å²) >= 11 is 0. The predicted molar refractivity (Wildman–Crippen MR) is 71.5 cm³/mol. The number of aryl methyl sites for hydroxylation is 1. The van der Waals surface area contributed by atoms with E-state index in [0.29, 0.717) is 6.54 Å². The fourth-order valence-corrected chi connectivity index (χ4v) is 1.97. The lowest BCUT2D eigenvalue weighted by atomic mass is 10.0. The molecule has 100 valence electrons. The Morgan fingerprint density at radius 2 is 2.05 bits per heavy atom. The van der Waals surface area contributed by atoms with Crippen molar-refractivity contribution in [3.8, 4) is 0 Å². The van der Waals surface area contributed by atoms with Crippen molar-refractivity contribution < 1.29 is 9.90 Å². The number of nitrogens with zero attached hydrogens (tertiary/aromatic N) is 2. The van der Waals surface area contributed by atoms with Crippen molar-refractivity contribution >= 4 is 5.97 Å². The number of carboxylic acids is 1. The molecule has 2 N–H and O–H groups in total. The first-order chi connectivity index (χ1) is 9.15. The van der Waals surface area contributed by atoms with Crippen molar-refractivity contribution in [1.82, 2.24) is 15.1 Å². The summed E-state index contributed by atoms with van der Waals surface area (Å²) in [6.45, 7) is 1.37. The molecule has 0 amide bonds. The van der Waals surface area contributed by atoms with Gasteiger partial charge in [0, 0.05) is 31.9 Å². The van der Waals surface area contributed by atoms with Crippen LogP contribution in [0.5, 0.6) is 0 Å². The molecule has 0 unspecified atom stereocenters. The molecular formula is C14H17N3O2. The number of aliphatic carboxylic acids is 1. The highest BCUT2D eigenvalue weighted by atomic mass is 16.4. The van der Waals surface area contributed by atoms with Gasteiger partial charge in [-0.2, -0.15) is 5.10 Å². The maximum Gasteiger partial charge on any atom is 0.307 e. The van der Waals surface area contributed by atoms with E-state index >= 15 is 0 Å². The highest BCUT2D eigenvalue weighted by molar-refractivity contribution is 5.70. The molecule has 0 fully saturated rings. The van der Waals surface area contributed by atoms with E-state index in [-0.39, 0.29) is 6.42 Å². The Hall–Kier alpha value is -2.14. The molecule has 5 nitrogen and oxygen atoms in total. The van der Waals surface area contributed by atoms with Crippen LogP contribution in [0.15, 0.2) is 36.7 Å². The van der Waals surface area contributed by atoms with Crippen LogP contribution >= 0.6 is 0 Å². The number of aromatic nitrogens is 2. The molecule has 0 saturated heterocycles. The number of rotatable bonds is 6. The van der Waals surface area contributed by atoms with Gasteiger partial charge in [-0.1, -0.05) is 24.3 Å². The summed E-state index contributed by atoms with van der Waals surface area (Å²) in [4.78, 5) is 10.8. The van der Waals surface area contributed by atoms with Gasteiger partial charge in [0.25, 0.3) is 0 Å². The fourth-order valence-electron chi connectivity index (χ4n) is 1.97. The van der Waals surface area contributed by atoms with Crippen molar-refractivity contribution in [2.45, 2.75) is 19.5 Å². The van der Waals surface area contributed by atoms with Gasteiger partial charge in [0.05, 0.1) is 12.6 Å². The van der Waals surface area contributed by atoms with E-state index in [0.717, 1.165) is 23.2 Å². The van der Waals surface area contributed by atoms with Crippen LogP contribution in [0.1, 0.15) is 16.7 Å². The first-order valence-electron chi connectivity index (χ1n) is 6.12. The van der Waals surface area contributed by atoms with Crippen LogP contribution in [0.25, 0.3) is 0 Å². The SMILES string of the molecule is Cn1cc(CNCc2ccccc2CC(=O)O)cn1. The Morgan fingerprint density at radius 1 is 1.32 bits per heavy atom. The molecule has 1 aromatic heterocycles. The number of carbonyl (C=O) groups is 1. The van der Waals surface area contributed by atoms with E-state index in [1.54, 1.807) is 4.68 Å². The molecule has 0 spiro atoms. The van der Waals surface area contributed by atoms with Gasteiger partial charge in [-0.25, -0.2) is 0 Å². The van der Waals surface area contributed by atoms with Crippen LogP contribution in [-0.2, 0) is 31.4 Å². The number of benzene rings is 1. The molecule has 1 heterocycles. The summed E-state index contributed by atoms with van der Waals surface area (Å²) in [5.74, 6) is -0.806. The largest absolute Gasteiger partial charge is 0.481 e. The Labute approximate surface area is 111 Å². The summed E-state index contributed by atoms with van der Waals surface area (Å²) in [7, 11) is 1.88. The zero-order valence-electron chi connectivity index (χ0n) is 10.8. The second-order valence-electron chi connectivity index (χ2n) is 4.47. The topological polar surface area (TPSA) is 67.2 Å². The van der Waals surface area contributed by atoms with Crippen molar-refractivity contribution in [3.05, 3.63) is 53.3 Å². The van der Waals surface area contributed by atoms with Crippen molar-refractivity contribution in [1.29, 1.82) is 0 Å². The van der Waals surface area contributed by atoms with Gasteiger partial charge in [0.2, 0.25) is 0 Å². The quantitative estimate of drug-likeness (QED) is 0.821. The van der Waals surface area contributed by atoms with E-state index in [2.05, 4.69) is 10.4 Å². The Morgan fingerprint density at radius 3 is 2.68 bits per heavy atom. The van der Waals surface area contributed by atoms with Gasteiger partial charge in [-0.3, -0.25) is 9.48 Å². The summed E-state index contributed by atoms with van der Waals surface area (Å²) in [5.41, 5.74) is 2.99. The first kappa shape index (κ1) is 13.3. The zero-order valence-corrected chi connectivity index (χ0v) is 10.8. The lowest BCUT2D eigenvalue weighted by molar-refractivity contribution is -0.136. The summed E-state index contributed by atoms with van der Waals surface area (Å²) in [6, 6.07) is 7.60. The average Bonchev–Trinajstić information content (AvgIpc) is 2.77. The normalized spacial score (nSPS) is 10.6. The summed E-state index contributed by atoms with van der Waals surface area (Å²) in [6.07, 6.45) is 3.83. The van der Waals surface area contributed by atoms with Crippen molar-refractivity contribution in [3.63, 3.8) is 0 Å². The van der Waals surface area contributed by atoms with Crippen LogP contribution in [0.2, 0.25) is 0 Å². The third kappa shape index (κ3) is 3.93. The van der Waals surface area contributed by atoms with Gasteiger partial charge in [0.1, 0.15) is 0 Å². The van der Waals surface area contributed by atoms with Crippen LogP contribution in [-0.4, -0.2) is 20.9 Å². The Balaban J connectivity index is 1.93. The smallest absolute Gasteiger partial charge is 0.307 e. The fraction of sp³-hybridized carbons (Fsp3) is 0.286. The lowest BCUT2D eigenvalue weighted by Crippen LogP contribution is -2.14. The summed E-state index contributed by atoms with van der Waals surface area (Å²) in [5, 5.41) is 16.3. The van der Waals surface area contributed by atoms with Crippen LogP contribution in [0, 0.1) is 0 Å². The highest BCUT2D eigenvalue weighted by Gasteiger charge is 2.06. The molecule has 0 radical (unpaired) electrons. The monoisotopic (exact) mass is 259 g/mol. The molecule has 0 aliphatic heterocycles. The molecule has 2 aromatic rings. The molecular weight excluding hydrogens is 242 g/mol. The van der Waals surface area contributed by atoms with E-state index in [4.69, 9.17) is 5.11 Å². The minimum atomic E-state index is -0.806. The van der Waals surface area contributed by atoms with E-state index in [9.17, 15) is 4.79 Å².